The highest BCUT2D eigenvalue weighted by Crippen LogP contribution is 2.17. The summed E-state index contributed by atoms with van der Waals surface area (Å²) in [6, 6.07) is 0. The predicted molar refractivity (Wildman–Crippen MR) is 44.5 cm³/mol. The molecule has 1 aromatic rings. The normalized spacial score (nSPS) is 10.2. The molecule has 0 spiro atoms. The minimum absolute atomic E-state index is 0.666. The molecule has 0 aliphatic heterocycles. The van der Waals surface area contributed by atoms with Gasteiger partial charge >= 0.3 is 0 Å². The van der Waals surface area contributed by atoms with E-state index in [1.807, 2.05) is 0 Å². The maximum Gasteiger partial charge on any atom is 0.168 e. The second-order valence-corrected chi connectivity index (χ2v) is 2.50. The number of rotatable bonds is 1. The Hall–Kier alpha value is -1.26. The third kappa shape index (κ3) is 1.34. The fourth-order valence-electron chi connectivity index (χ4n) is 0.938. The van der Waals surface area contributed by atoms with E-state index in [2.05, 4.69) is 6.58 Å². The maximum absolute atomic E-state index is 12.9. The molecule has 0 aliphatic rings. The molecule has 0 radical (unpaired) electrons. The van der Waals surface area contributed by atoms with Crippen LogP contribution in [-0.2, 0) is 0 Å². The summed E-state index contributed by atoms with van der Waals surface area (Å²) < 4.78 is 51.3. The molecule has 0 unspecified atom stereocenters. The highest BCUT2D eigenvalue weighted by Gasteiger charge is 2.20. The van der Waals surface area contributed by atoms with Gasteiger partial charge in [0.25, 0.3) is 0 Å². The summed E-state index contributed by atoms with van der Waals surface area (Å²) in [6.07, 6.45) is 0.732. The van der Waals surface area contributed by atoms with Crippen molar-refractivity contribution in [2.45, 2.75) is 0 Å². The molecule has 68 valence electrons. The standard InChI is InChI=1S/C8H5BF4/c1-2-3-5(10)7(12)4(9)8(13)6(3)11/h2H,1,9H2. The molecule has 5 heteroatoms. The minimum Gasteiger partial charge on any atom is -0.204 e. The van der Waals surface area contributed by atoms with Gasteiger partial charge in [-0.25, -0.2) is 17.6 Å². The Morgan fingerprint density at radius 2 is 1.31 bits per heavy atom. The Labute approximate surface area is 73.3 Å². The average Bonchev–Trinajstić information content (AvgIpc) is 2.13. The van der Waals surface area contributed by atoms with Crippen molar-refractivity contribution in [3.8, 4) is 0 Å². The van der Waals surface area contributed by atoms with E-state index in [-0.39, 0.29) is 0 Å². The second kappa shape index (κ2) is 3.24. The molecule has 0 aliphatic carbocycles. The minimum atomic E-state index is -1.41. The lowest BCUT2D eigenvalue weighted by molar-refractivity contribution is 0.460. The Morgan fingerprint density at radius 1 is 0.923 bits per heavy atom. The molecule has 0 nitrogen and oxygen atoms in total. The van der Waals surface area contributed by atoms with Gasteiger partial charge in [0.15, 0.2) is 23.3 Å². The van der Waals surface area contributed by atoms with Gasteiger partial charge in [0, 0.05) is 0 Å². The maximum atomic E-state index is 12.9. The first-order chi connectivity index (χ1) is 6.00. The van der Waals surface area contributed by atoms with Crippen molar-refractivity contribution in [2.75, 3.05) is 0 Å². The molecule has 13 heavy (non-hydrogen) atoms. The van der Waals surface area contributed by atoms with E-state index >= 15 is 0 Å². The molecule has 0 N–H and O–H groups in total. The van der Waals surface area contributed by atoms with E-state index in [1.165, 1.54) is 0 Å². The Morgan fingerprint density at radius 3 is 1.62 bits per heavy atom. The second-order valence-electron chi connectivity index (χ2n) is 2.50. The van der Waals surface area contributed by atoms with Crippen LogP contribution in [0.4, 0.5) is 17.6 Å². The zero-order valence-electron chi connectivity index (χ0n) is 6.80. The van der Waals surface area contributed by atoms with Crippen LogP contribution in [0.1, 0.15) is 5.56 Å². The van der Waals surface area contributed by atoms with E-state index in [0.29, 0.717) is 0 Å². The van der Waals surface area contributed by atoms with Gasteiger partial charge in [-0.05, 0) is 5.46 Å². The molecule has 1 aromatic carbocycles. The molecule has 0 fully saturated rings. The molecular formula is C8H5BF4. The van der Waals surface area contributed by atoms with E-state index in [9.17, 15) is 17.6 Å². The quantitative estimate of drug-likeness (QED) is 0.352. The van der Waals surface area contributed by atoms with Crippen molar-refractivity contribution >= 4 is 19.4 Å². The first-order valence-electron chi connectivity index (χ1n) is 3.45. The average molecular weight is 188 g/mol. The van der Waals surface area contributed by atoms with Crippen molar-refractivity contribution in [1.82, 2.24) is 0 Å². The van der Waals surface area contributed by atoms with Crippen molar-refractivity contribution in [2.24, 2.45) is 0 Å². The van der Waals surface area contributed by atoms with Crippen molar-refractivity contribution in [1.29, 1.82) is 0 Å². The smallest absolute Gasteiger partial charge is 0.168 e. The predicted octanol–water partition coefficient (Wildman–Crippen LogP) is 1.14. The third-order valence-corrected chi connectivity index (χ3v) is 1.72. The lowest BCUT2D eigenvalue weighted by Crippen LogP contribution is -2.19. The van der Waals surface area contributed by atoms with Crippen LogP contribution < -0.4 is 5.46 Å². The summed E-state index contributed by atoms with van der Waals surface area (Å²) in [4.78, 5) is 0. The highest BCUT2D eigenvalue weighted by atomic mass is 19.2. The van der Waals surface area contributed by atoms with E-state index < -0.39 is 34.3 Å². The van der Waals surface area contributed by atoms with E-state index in [0.717, 1.165) is 13.9 Å². The summed E-state index contributed by atoms with van der Waals surface area (Å²) >= 11 is 0. The monoisotopic (exact) mass is 188 g/mol. The van der Waals surface area contributed by atoms with Crippen molar-refractivity contribution < 1.29 is 17.6 Å². The van der Waals surface area contributed by atoms with Gasteiger partial charge in [-0.2, -0.15) is 0 Å². The molecule has 1 rings (SSSR count). The third-order valence-electron chi connectivity index (χ3n) is 1.72. The van der Waals surface area contributed by atoms with Crippen LogP contribution in [0.15, 0.2) is 6.58 Å². The fourth-order valence-corrected chi connectivity index (χ4v) is 0.938. The van der Waals surface area contributed by atoms with Gasteiger partial charge in [-0.1, -0.05) is 12.7 Å². The van der Waals surface area contributed by atoms with Crippen LogP contribution in [-0.4, -0.2) is 7.85 Å². The SMILES string of the molecule is Bc1c(F)c(F)c(C=C)c(F)c1F. The number of benzene rings is 1. The first-order valence-corrected chi connectivity index (χ1v) is 3.45. The number of hydrogen-bond donors (Lipinski definition) is 0. The Balaban J connectivity index is 3.66. The number of hydrogen-bond acceptors (Lipinski definition) is 0. The summed E-state index contributed by atoms with van der Waals surface area (Å²) in [7, 11) is 0.962. The molecule has 0 bridgehead atoms. The van der Waals surface area contributed by atoms with Gasteiger partial charge in [0.05, 0.1) is 5.56 Å². The van der Waals surface area contributed by atoms with Crippen LogP contribution in [0.2, 0.25) is 0 Å². The fraction of sp³-hybridized carbons (Fsp3) is 0. The van der Waals surface area contributed by atoms with E-state index in [4.69, 9.17) is 0 Å². The van der Waals surface area contributed by atoms with Crippen LogP contribution in [0.3, 0.4) is 0 Å². The molecule has 0 amide bonds. The molecule has 0 atom stereocenters. The zero-order chi connectivity index (χ0) is 10.2. The van der Waals surface area contributed by atoms with Gasteiger partial charge in [-0.3, -0.25) is 0 Å². The lowest BCUT2D eigenvalue weighted by Gasteiger charge is -2.05. The van der Waals surface area contributed by atoms with Gasteiger partial charge in [-0.15, -0.1) is 0 Å². The number of halogens is 4. The molecule has 0 saturated heterocycles. The molecule has 0 heterocycles. The Bertz CT molecular complexity index is 344. The summed E-state index contributed by atoms with van der Waals surface area (Å²) in [5, 5.41) is 0. The van der Waals surface area contributed by atoms with E-state index in [1.54, 1.807) is 0 Å². The van der Waals surface area contributed by atoms with Gasteiger partial charge in [0.2, 0.25) is 0 Å². The van der Waals surface area contributed by atoms with Crippen LogP contribution in [0.25, 0.3) is 6.08 Å². The lowest BCUT2D eigenvalue weighted by atomic mass is 9.92. The van der Waals surface area contributed by atoms with Crippen LogP contribution in [0, 0.1) is 23.3 Å². The topological polar surface area (TPSA) is 0 Å². The zero-order valence-corrected chi connectivity index (χ0v) is 6.80. The first kappa shape index (κ1) is 9.83. The summed E-state index contributed by atoms with van der Waals surface area (Å²) in [6.45, 7) is 3.05. The van der Waals surface area contributed by atoms with Crippen LogP contribution in [0.5, 0.6) is 0 Å². The van der Waals surface area contributed by atoms with Crippen molar-refractivity contribution in [3.05, 3.63) is 35.4 Å². The summed E-state index contributed by atoms with van der Waals surface area (Å²) in [5.74, 6) is -5.58. The highest BCUT2D eigenvalue weighted by molar-refractivity contribution is 6.32. The molecular weight excluding hydrogens is 183 g/mol. The molecule has 0 saturated carbocycles. The summed E-state index contributed by atoms with van der Waals surface area (Å²) in [5.41, 5.74) is -1.44. The van der Waals surface area contributed by atoms with Gasteiger partial charge in [0.1, 0.15) is 7.85 Å². The van der Waals surface area contributed by atoms with Crippen molar-refractivity contribution in [3.63, 3.8) is 0 Å². The van der Waals surface area contributed by atoms with Crippen LogP contribution >= 0.6 is 0 Å². The molecule has 0 aromatic heterocycles. The Kier molecular flexibility index (Phi) is 2.45. The van der Waals surface area contributed by atoms with Gasteiger partial charge < -0.3 is 0 Å². The largest absolute Gasteiger partial charge is 0.204 e.